The molecule has 1 N–H and O–H groups in total. The minimum atomic E-state index is -0.383. The van der Waals surface area contributed by atoms with Gasteiger partial charge in [0.25, 0.3) is 11.5 Å². The molecule has 7 nitrogen and oxygen atoms in total. The highest BCUT2D eigenvalue weighted by molar-refractivity contribution is 6.18. The molecule has 1 amide bonds. The van der Waals surface area contributed by atoms with Gasteiger partial charge in [0.2, 0.25) is 0 Å². The molecular weight excluding hydrogens is 408 g/mol. The van der Waals surface area contributed by atoms with E-state index in [0.29, 0.717) is 23.6 Å². The molecule has 3 rings (SSSR count). The van der Waals surface area contributed by atoms with Gasteiger partial charge in [0.05, 0.1) is 20.8 Å². The Morgan fingerprint density at radius 2 is 1.72 bits per heavy atom. The van der Waals surface area contributed by atoms with Crippen LogP contribution in [0.2, 0.25) is 0 Å². The topological polar surface area (TPSA) is 81.0 Å². The molecule has 7 heteroatoms. The fraction of sp³-hybridized carbons (Fsp3) is 0.200. The van der Waals surface area contributed by atoms with Crippen LogP contribution in [-0.2, 0) is 11.3 Å². The van der Waals surface area contributed by atoms with Crippen LogP contribution in [0.5, 0.6) is 11.5 Å². The summed E-state index contributed by atoms with van der Waals surface area (Å²) in [5.74, 6) is 0.677. The van der Waals surface area contributed by atoms with Crippen LogP contribution in [0.15, 0.2) is 77.7 Å². The van der Waals surface area contributed by atoms with Gasteiger partial charge in [-0.25, -0.2) is 0 Å². The van der Waals surface area contributed by atoms with Crippen LogP contribution < -0.4 is 15.0 Å². The third-order valence-electron chi connectivity index (χ3n) is 4.89. The summed E-state index contributed by atoms with van der Waals surface area (Å²) in [6.07, 6.45) is 3.17. The molecule has 1 heterocycles. The Labute approximate surface area is 186 Å². The first kappa shape index (κ1) is 22.8. The molecule has 0 bridgehead atoms. The molecule has 3 aromatic rings. The van der Waals surface area contributed by atoms with E-state index >= 15 is 0 Å². The molecule has 1 aromatic heterocycles. The summed E-state index contributed by atoms with van der Waals surface area (Å²) in [6, 6.07) is 19.4. The van der Waals surface area contributed by atoms with Crippen molar-refractivity contribution in [3.8, 4) is 11.5 Å². The van der Waals surface area contributed by atoms with Gasteiger partial charge in [0.1, 0.15) is 5.70 Å². The van der Waals surface area contributed by atoms with E-state index in [9.17, 15) is 14.7 Å². The Morgan fingerprint density at radius 3 is 2.38 bits per heavy atom. The van der Waals surface area contributed by atoms with Crippen molar-refractivity contribution in [3.05, 3.63) is 94.4 Å². The van der Waals surface area contributed by atoms with E-state index in [1.807, 2.05) is 30.3 Å². The number of aliphatic hydroxyl groups is 1. The lowest BCUT2D eigenvalue weighted by molar-refractivity contribution is -0.126. The molecule has 0 fully saturated rings. The smallest absolute Gasteiger partial charge is 0.271 e. The number of aliphatic hydroxyl groups excluding tert-OH is 1. The highest BCUT2D eigenvalue weighted by Gasteiger charge is 2.21. The normalized spacial score (nSPS) is 11.2. The second-order valence-corrected chi connectivity index (χ2v) is 6.99. The summed E-state index contributed by atoms with van der Waals surface area (Å²) >= 11 is 0. The number of nitrogens with zero attached hydrogens (tertiary/aromatic N) is 2. The highest BCUT2D eigenvalue weighted by Crippen LogP contribution is 2.29. The molecule has 0 atom stereocenters. The lowest BCUT2D eigenvalue weighted by Crippen LogP contribution is -2.36. The molecule has 0 spiro atoms. The predicted molar refractivity (Wildman–Crippen MR) is 123 cm³/mol. The molecule has 0 radical (unpaired) electrons. The number of methoxy groups -OCH3 is 2. The summed E-state index contributed by atoms with van der Waals surface area (Å²) in [6.45, 7) is 0.218. The summed E-state index contributed by atoms with van der Waals surface area (Å²) in [7, 11) is 3.07. The van der Waals surface area contributed by atoms with Crippen LogP contribution in [0.1, 0.15) is 11.1 Å². The van der Waals surface area contributed by atoms with Crippen molar-refractivity contribution in [2.24, 2.45) is 0 Å². The van der Waals surface area contributed by atoms with Crippen molar-refractivity contribution >= 4 is 17.7 Å². The zero-order chi connectivity index (χ0) is 22.9. The van der Waals surface area contributed by atoms with Crippen LogP contribution in [0.25, 0.3) is 11.8 Å². The molecular formula is C25H26N2O5. The van der Waals surface area contributed by atoms with Crippen molar-refractivity contribution in [3.63, 3.8) is 0 Å². The number of benzene rings is 2. The van der Waals surface area contributed by atoms with E-state index in [0.717, 1.165) is 5.56 Å². The molecule has 0 saturated heterocycles. The number of carbonyl (C=O) groups is 1. The van der Waals surface area contributed by atoms with Crippen molar-refractivity contribution in [1.82, 2.24) is 9.47 Å². The van der Waals surface area contributed by atoms with Crippen LogP contribution in [0.4, 0.5) is 0 Å². The number of carbonyl (C=O) groups excluding carboxylic acids is 1. The number of amides is 1. The standard InChI is InChI=1S/C25H26N2O5/c1-31-22-12-11-20(17-23(22)32-2)16-21(27-13-7-6-10-24(27)29)25(30)26(14-15-28)18-19-8-4-3-5-9-19/h3-13,16-17,28H,14-15,18H2,1-2H3. The first-order chi connectivity index (χ1) is 15.6. The van der Waals surface area contributed by atoms with Gasteiger partial charge < -0.3 is 19.5 Å². The Hall–Kier alpha value is -3.84. The highest BCUT2D eigenvalue weighted by atomic mass is 16.5. The summed E-state index contributed by atoms with van der Waals surface area (Å²) < 4.78 is 11.9. The van der Waals surface area contributed by atoms with E-state index in [1.165, 1.54) is 22.6 Å². The summed E-state index contributed by atoms with van der Waals surface area (Å²) in [5.41, 5.74) is 1.40. The Bertz CT molecular complexity index is 1140. The minimum absolute atomic E-state index is 0.124. The van der Waals surface area contributed by atoms with Gasteiger partial charge in [-0.3, -0.25) is 14.2 Å². The van der Waals surface area contributed by atoms with E-state index in [-0.39, 0.29) is 30.3 Å². The fourth-order valence-corrected chi connectivity index (χ4v) is 3.30. The lowest BCUT2D eigenvalue weighted by Gasteiger charge is -2.24. The summed E-state index contributed by atoms with van der Waals surface area (Å²) in [4.78, 5) is 27.7. The van der Waals surface area contributed by atoms with Crippen molar-refractivity contribution < 1.29 is 19.4 Å². The van der Waals surface area contributed by atoms with Gasteiger partial charge in [-0.2, -0.15) is 0 Å². The van der Waals surface area contributed by atoms with E-state index in [1.54, 1.807) is 49.7 Å². The fourth-order valence-electron chi connectivity index (χ4n) is 3.30. The second-order valence-electron chi connectivity index (χ2n) is 6.99. The number of hydrogen-bond donors (Lipinski definition) is 1. The van der Waals surface area contributed by atoms with Crippen LogP contribution in [0.3, 0.4) is 0 Å². The third kappa shape index (κ3) is 5.44. The zero-order valence-electron chi connectivity index (χ0n) is 18.1. The van der Waals surface area contributed by atoms with Crippen LogP contribution in [0, 0.1) is 0 Å². The molecule has 0 aliphatic rings. The maximum absolute atomic E-state index is 13.6. The van der Waals surface area contributed by atoms with Crippen LogP contribution >= 0.6 is 0 Å². The first-order valence-electron chi connectivity index (χ1n) is 10.1. The monoisotopic (exact) mass is 434 g/mol. The van der Waals surface area contributed by atoms with Gasteiger partial charge in [-0.1, -0.05) is 42.5 Å². The maximum atomic E-state index is 13.6. The van der Waals surface area contributed by atoms with Gasteiger partial charge >= 0.3 is 0 Å². The molecule has 166 valence electrons. The maximum Gasteiger partial charge on any atom is 0.271 e. The Morgan fingerprint density at radius 1 is 1.00 bits per heavy atom. The van der Waals surface area contributed by atoms with Crippen molar-refractivity contribution in [1.29, 1.82) is 0 Å². The summed E-state index contributed by atoms with van der Waals surface area (Å²) in [5, 5.41) is 9.57. The predicted octanol–water partition coefficient (Wildman–Crippen LogP) is 2.88. The van der Waals surface area contributed by atoms with Gasteiger partial charge in [-0.05, 0) is 35.4 Å². The average Bonchev–Trinajstić information content (AvgIpc) is 2.83. The van der Waals surface area contributed by atoms with Gasteiger partial charge in [-0.15, -0.1) is 0 Å². The Kier molecular flexibility index (Phi) is 7.83. The van der Waals surface area contributed by atoms with E-state index in [2.05, 4.69) is 0 Å². The van der Waals surface area contributed by atoms with Gasteiger partial charge in [0, 0.05) is 25.4 Å². The first-order valence-corrected chi connectivity index (χ1v) is 10.1. The van der Waals surface area contributed by atoms with Crippen molar-refractivity contribution in [2.45, 2.75) is 6.54 Å². The number of pyridine rings is 1. The SMILES string of the molecule is COc1ccc(C=C(C(=O)N(CCO)Cc2ccccc2)n2ccccc2=O)cc1OC. The molecule has 2 aromatic carbocycles. The molecule has 0 saturated carbocycles. The molecule has 0 aliphatic heterocycles. The van der Waals surface area contributed by atoms with Crippen LogP contribution in [-0.4, -0.2) is 47.9 Å². The molecule has 0 aliphatic carbocycles. The number of rotatable bonds is 9. The van der Waals surface area contributed by atoms with Gasteiger partial charge in [0.15, 0.2) is 11.5 Å². The van der Waals surface area contributed by atoms with E-state index < -0.39 is 0 Å². The third-order valence-corrected chi connectivity index (χ3v) is 4.89. The molecule has 32 heavy (non-hydrogen) atoms. The lowest BCUT2D eigenvalue weighted by atomic mass is 10.1. The Balaban J connectivity index is 2.08. The minimum Gasteiger partial charge on any atom is -0.493 e. The van der Waals surface area contributed by atoms with E-state index in [4.69, 9.17) is 9.47 Å². The zero-order valence-corrected chi connectivity index (χ0v) is 18.1. The average molecular weight is 434 g/mol. The molecule has 0 unspecified atom stereocenters. The second kappa shape index (κ2) is 11.0. The quantitative estimate of drug-likeness (QED) is 0.524. The number of ether oxygens (including phenoxy) is 2. The number of hydrogen-bond acceptors (Lipinski definition) is 5. The number of aromatic nitrogens is 1. The van der Waals surface area contributed by atoms with Crippen molar-refractivity contribution in [2.75, 3.05) is 27.4 Å². The largest absolute Gasteiger partial charge is 0.493 e.